The quantitative estimate of drug-likeness (QED) is 0.791. The number of hydrogen-bond donors (Lipinski definition) is 0. The SMILES string of the molecule is CCS(=O)(=O)N1CCC(n2ccnc2)CC1. The Hall–Kier alpha value is -0.880. The Morgan fingerprint density at radius 3 is 2.56 bits per heavy atom. The third-order valence-corrected chi connectivity index (χ3v) is 5.01. The molecule has 0 spiro atoms. The Morgan fingerprint density at radius 2 is 2.06 bits per heavy atom. The molecule has 0 radical (unpaired) electrons. The molecule has 0 bridgehead atoms. The van der Waals surface area contributed by atoms with Gasteiger partial charge in [-0.25, -0.2) is 17.7 Å². The van der Waals surface area contributed by atoms with Crippen LogP contribution in [-0.4, -0.2) is 41.1 Å². The molecule has 0 saturated carbocycles. The molecule has 16 heavy (non-hydrogen) atoms. The zero-order chi connectivity index (χ0) is 11.6. The van der Waals surface area contributed by atoms with E-state index in [1.807, 2.05) is 6.20 Å². The Bertz CT molecular complexity index is 419. The van der Waals surface area contributed by atoms with Gasteiger partial charge in [-0.2, -0.15) is 0 Å². The number of imidazole rings is 1. The van der Waals surface area contributed by atoms with Crippen LogP contribution in [0.15, 0.2) is 18.7 Å². The van der Waals surface area contributed by atoms with Gasteiger partial charge in [0.2, 0.25) is 10.0 Å². The van der Waals surface area contributed by atoms with Crippen molar-refractivity contribution in [2.75, 3.05) is 18.8 Å². The van der Waals surface area contributed by atoms with E-state index in [-0.39, 0.29) is 5.75 Å². The van der Waals surface area contributed by atoms with Gasteiger partial charge < -0.3 is 4.57 Å². The number of piperidine rings is 1. The molecule has 2 rings (SSSR count). The predicted molar refractivity (Wildman–Crippen MR) is 61.5 cm³/mol. The fourth-order valence-electron chi connectivity index (χ4n) is 2.09. The number of sulfonamides is 1. The Kier molecular flexibility index (Phi) is 3.30. The first-order chi connectivity index (χ1) is 7.63. The van der Waals surface area contributed by atoms with Gasteiger partial charge >= 0.3 is 0 Å². The number of hydrogen-bond acceptors (Lipinski definition) is 3. The second-order valence-electron chi connectivity index (χ2n) is 4.04. The van der Waals surface area contributed by atoms with Crippen molar-refractivity contribution in [3.8, 4) is 0 Å². The van der Waals surface area contributed by atoms with Gasteiger partial charge in [-0.15, -0.1) is 0 Å². The van der Waals surface area contributed by atoms with Crippen LogP contribution in [0.2, 0.25) is 0 Å². The van der Waals surface area contributed by atoms with Crippen LogP contribution in [0.5, 0.6) is 0 Å². The highest BCUT2D eigenvalue weighted by Crippen LogP contribution is 2.23. The first-order valence-corrected chi connectivity index (χ1v) is 7.19. The minimum absolute atomic E-state index is 0.197. The van der Waals surface area contributed by atoms with Crippen molar-refractivity contribution >= 4 is 10.0 Å². The summed E-state index contributed by atoms with van der Waals surface area (Å²) in [4.78, 5) is 4.01. The molecule has 1 aromatic heterocycles. The summed E-state index contributed by atoms with van der Waals surface area (Å²) in [6.45, 7) is 2.94. The van der Waals surface area contributed by atoms with Gasteiger partial charge in [-0.05, 0) is 19.8 Å². The van der Waals surface area contributed by atoms with Gasteiger partial charge in [0.15, 0.2) is 0 Å². The van der Waals surface area contributed by atoms with Crippen LogP contribution in [0, 0.1) is 0 Å². The van der Waals surface area contributed by atoms with Gasteiger partial charge in [0.1, 0.15) is 0 Å². The van der Waals surface area contributed by atoms with Crippen LogP contribution in [0.1, 0.15) is 25.8 Å². The fourth-order valence-corrected chi connectivity index (χ4v) is 3.22. The highest BCUT2D eigenvalue weighted by atomic mass is 32.2. The molecule has 0 N–H and O–H groups in total. The number of aromatic nitrogens is 2. The first-order valence-electron chi connectivity index (χ1n) is 5.58. The smallest absolute Gasteiger partial charge is 0.213 e. The summed E-state index contributed by atoms with van der Waals surface area (Å²) < 4.78 is 27.0. The summed E-state index contributed by atoms with van der Waals surface area (Å²) in [6.07, 6.45) is 7.24. The number of nitrogens with zero attached hydrogens (tertiary/aromatic N) is 3. The van der Waals surface area contributed by atoms with E-state index >= 15 is 0 Å². The molecular weight excluding hydrogens is 226 g/mol. The van der Waals surface area contributed by atoms with Crippen LogP contribution in [0.3, 0.4) is 0 Å². The van der Waals surface area contributed by atoms with Gasteiger partial charge in [0.25, 0.3) is 0 Å². The molecule has 0 amide bonds. The summed E-state index contributed by atoms with van der Waals surface area (Å²) in [6, 6.07) is 0.394. The van der Waals surface area contributed by atoms with Crippen molar-refractivity contribution in [2.24, 2.45) is 0 Å². The molecular formula is C10H17N3O2S. The lowest BCUT2D eigenvalue weighted by Gasteiger charge is -2.31. The topological polar surface area (TPSA) is 55.2 Å². The molecule has 1 aliphatic rings. The molecule has 5 nitrogen and oxygen atoms in total. The maximum atomic E-state index is 11.7. The summed E-state index contributed by atoms with van der Waals surface area (Å²) in [5.41, 5.74) is 0. The normalized spacial score (nSPS) is 20.1. The summed E-state index contributed by atoms with van der Waals surface area (Å²) in [5.74, 6) is 0.197. The Morgan fingerprint density at radius 1 is 1.38 bits per heavy atom. The van der Waals surface area contributed by atoms with E-state index < -0.39 is 10.0 Å². The zero-order valence-electron chi connectivity index (χ0n) is 9.41. The summed E-state index contributed by atoms with van der Waals surface area (Å²) >= 11 is 0. The molecule has 1 aliphatic heterocycles. The molecule has 2 heterocycles. The van der Waals surface area contributed by atoms with E-state index in [1.54, 1.807) is 23.8 Å². The van der Waals surface area contributed by atoms with Crippen LogP contribution in [0.4, 0.5) is 0 Å². The van der Waals surface area contributed by atoms with E-state index in [9.17, 15) is 8.42 Å². The highest BCUT2D eigenvalue weighted by molar-refractivity contribution is 7.89. The minimum atomic E-state index is -3.01. The van der Waals surface area contributed by atoms with Crippen LogP contribution in [-0.2, 0) is 10.0 Å². The lowest BCUT2D eigenvalue weighted by Crippen LogP contribution is -2.39. The van der Waals surface area contributed by atoms with Crippen molar-refractivity contribution in [2.45, 2.75) is 25.8 Å². The van der Waals surface area contributed by atoms with E-state index in [4.69, 9.17) is 0 Å². The average molecular weight is 243 g/mol. The Balaban J connectivity index is 1.98. The Labute approximate surface area is 96.1 Å². The maximum absolute atomic E-state index is 11.7. The first kappa shape index (κ1) is 11.6. The third kappa shape index (κ3) is 2.27. The van der Waals surface area contributed by atoms with Crippen molar-refractivity contribution < 1.29 is 8.42 Å². The summed E-state index contributed by atoms with van der Waals surface area (Å²) in [7, 11) is -3.01. The molecule has 1 aromatic rings. The zero-order valence-corrected chi connectivity index (χ0v) is 10.2. The lowest BCUT2D eigenvalue weighted by atomic mass is 10.1. The average Bonchev–Trinajstić information content (AvgIpc) is 2.83. The van der Waals surface area contributed by atoms with Crippen molar-refractivity contribution in [3.05, 3.63) is 18.7 Å². The standard InChI is InChI=1S/C10H17N3O2S/c1-2-16(14,15)13-6-3-10(4-7-13)12-8-5-11-9-12/h5,8-10H,2-4,6-7H2,1H3. The van der Waals surface area contributed by atoms with Crippen molar-refractivity contribution in [3.63, 3.8) is 0 Å². The number of rotatable bonds is 3. The van der Waals surface area contributed by atoms with E-state index in [0.29, 0.717) is 19.1 Å². The molecule has 0 aromatic carbocycles. The predicted octanol–water partition coefficient (Wildman–Crippen LogP) is 0.870. The highest BCUT2D eigenvalue weighted by Gasteiger charge is 2.26. The van der Waals surface area contributed by atoms with Crippen LogP contribution in [0.25, 0.3) is 0 Å². The molecule has 0 unspecified atom stereocenters. The van der Waals surface area contributed by atoms with Crippen molar-refractivity contribution in [1.82, 2.24) is 13.9 Å². The second kappa shape index (κ2) is 4.55. The van der Waals surface area contributed by atoms with Crippen LogP contribution >= 0.6 is 0 Å². The monoisotopic (exact) mass is 243 g/mol. The van der Waals surface area contributed by atoms with E-state index in [1.165, 1.54) is 0 Å². The maximum Gasteiger partial charge on any atom is 0.213 e. The molecule has 0 aliphatic carbocycles. The van der Waals surface area contributed by atoms with Gasteiger partial charge in [-0.1, -0.05) is 0 Å². The van der Waals surface area contributed by atoms with E-state index in [2.05, 4.69) is 9.55 Å². The molecule has 1 saturated heterocycles. The van der Waals surface area contributed by atoms with Crippen LogP contribution < -0.4 is 0 Å². The summed E-state index contributed by atoms with van der Waals surface area (Å²) in [5, 5.41) is 0. The van der Waals surface area contributed by atoms with E-state index in [0.717, 1.165) is 12.8 Å². The largest absolute Gasteiger partial charge is 0.334 e. The van der Waals surface area contributed by atoms with Gasteiger partial charge in [0.05, 0.1) is 12.1 Å². The minimum Gasteiger partial charge on any atom is -0.334 e. The molecule has 0 atom stereocenters. The van der Waals surface area contributed by atoms with Gasteiger partial charge in [-0.3, -0.25) is 0 Å². The second-order valence-corrected chi connectivity index (χ2v) is 6.30. The fraction of sp³-hybridized carbons (Fsp3) is 0.700. The van der Waals surface area contributed by atoms with Gasteiger partial charge in [0, 0.05) is 31.5 Å². The molecule has 90 valence electrons. The molecule has 6 heteroatoms. The third-order valence-electron chi connectivity index (χ3n) is 3.13. The lowest BCUT2D eigenvalue weighted by molar-refractivity contribution is 0.274. The molecule has 1 fully saturated rings. The van der Waals surface area contributed by atoms with Crippen molar-refractivity contribution in [1.29, 1.82) is 0 Å².